The molecule has 0 radical (unpaired) electrons. The zero-order chi connectivity index (χ0) is 23.2. The van der Waals surface area contributed by atoms with Crippen molar-refractivity contribution in [2.75, 3.05) is 18.1 Å². The number of pyridine rings is 1. The van der Waals surface area contributed by atoms with Crippen molar-refractivity contribution in [1.82, 2.24) is 14.8 Å². The van der Waals surface area contributed by atoms with Crippen molar-refractivity contribution in [1.29, 1.82) is 0 Å². The SMILES string of the molecule is CCOc1ccc(N(CC)C(=O)Cn2nc(Cc3cccnc3)c3ccccc3c2=O)cc1. The second kappa shape index (κ2) is 10.1. The van der Waals surface area contributed by atoms with Crippen LogP contribution in [-0.2, 0) is 17.8 Å². The van der Waals surface area contributed by atoms with Gasteiger partial charge in [-0.15, -0.1) is 0 Å². The van der Waals surface area contributed by atoms with E-state index in [1.807, 2.05) is 68.4 Å². The number of anilines is 1. The lowest BCUT2D eigenvalue weighted by Gasteiger charge is -2.22. The van der Waals surface area contributed by atoms with Crippen LogP contribution in [0.15, 0.2) is 77.9 Å². The monoisotopic (exact) mass is 442 g/mol. The van der Waals surface area contributed by atoms with Gasteiger partial charge >= 0.3 is 0 Å². The van der Waals surface area contributed by atoms with Gasteiger partial charge in [-0.2, -0.15) is 5.10 Å². The standard InChI is InChI=1S/C26H26N4O3/c1-3-29(20-11-13-21(14-12-20)33-4-2)25(31)18-30-26(32)23-10-6-5-9-22(23)24(28-30)16-19-8-7-15-27-17-19/h5-15,17H,3-4,16,18H2,1-2H3. The minimum atomic E-state index is -0.281. The predicted molar refractivity (Wildman–Crippen MR) is 129 cm³/mol. The van der Waals surface area contributed by atoms with Crippen LogP contribution in [0.1, 0.15) is 25.1 Å². The highest BCUT2D eigenvalue weighted by molar-refractivity contribution is 5.93. The van der Waals surface area contributed by atoms with Crippen molar-refractivity contribution in [3.05, 3.63) is 94.7 Å². The third kappa shape index (κ3) is 4.92. The Balaban J connectivity index is 1.66. The number of aromatic nitrogens is 3. The molecule has 4 aromatic rings. The molecule has 0 bridgehead atoms. The molecule has 0 N–H and O–H groups in total. The van der Waals surface area contributed by atoms with Gasteiger partial charge in [0.15, 0.2) is 0 Å². The topological polar surface area (TPSA) is 77.3 Å². The summed E-state index contributed by atoms with van der Waals surface area (Å²) in [5.74, 6) is 0.538. The summed E-state index contributed by atoms with van der Waals surface area (Å²) in [5.41, 5.74) is 2.18. The van der Waals surface area contributed by atoms with Gasteiger partial charge in [0.1, 0.15) is 12.3 Å². The summed E-state index contributed by atoms with van der Waals surface area (Å²) in [6.45, 7) is 4.72. The number of hydrogen-bond donors (Lipinski definition) is 0. The normalized spacial score (nSPS) is 10.8. The van der Waals surface area contributed by atoms with Crippen LogP contribution < -0.4 is 15.2 Å². The smallest absolute Gasteiger partial charge is 0.275 e. The van der Waals surface area contributed by atoms with Crippen LogP contribution in [-0.4, -0.2) is 33.8 Å². The van der Waals surface area contributed by atoms with Crippen molar-refractivity contribution in [2.45, 2.75) is 26.8 Å². The van der Waals surface area contributed by atoms with Crippen LogP contribution >= 0.6 is 0 Å². The minimum absolute atomic E-state index is 0.148. The van der Waals surface area contributed by atoms with E-state index in [4.69, 9.17) is 4.74 Å². The number of nitrogens with zero attached hydrogens (tertiary/aromatic N) is 4. The summed E-state index contributed by atoms with van der Waals surface area (Å²) in [5, 5.41) is 5.92. The molecule has 0 spiro atoms. The molecule has 0 saturated carbocycles. The Kier molecular flexibility index (Phi) is 6.78. The van der Waals surface area contributed by atoms with E-state index in [9.17, 15) is 9.59 Å². The summed E-state index contributed by atoms with van der Waals surface area (Å²) in [6, 6.07) is 18.6. The van der Waals surface area contributed by atoms with Gasteiger partial charge in [0, 0.05) is 36.4 Å². The van der Waals surface area contributed by atoms with Gasteiger partial charge in [0.25, 0.3) is 5.56 Å². The molecule has 2 heterocycles. The summed E-state index contributed by atoms with van der Waals surface area (Å²) in [6.07, 6.45) is 4.01. The van der Waals surface area contributed by atoms with Crippen molar-refractivity contribution < 1.29 is 9.53 Å². The maximum atomic E-state index is 13.2. The Morgan fingerprint density at radius 3 is 2.42 bits per heavy atom. The van der Waals surface area contributed by atoms with Gasteiger partial charge in [-0.25, -0.2) is 4.68 Å². The molecule has 4 rings (SSSR count). The Hall–Kier alpha value is -4.00. The molecule has 2 aromatic heterocycles. The fraction of sp³-hybridized carbons (Fsp3) is 0.231. The van der Waals surface area contributed by atoms with Gasteiger partial charge in [0.05, 0.1) is 17.7 Å². The molecule has 2 aromatic carbocycles. The molecule has 0 aliphatic heterocycles. The average Bonchev–Trinajstić information content (AvgIpc) is 2.84. The first kappa shape index (κ1) is 22.2. The summed E-state index contributed by atoms with van der Waals surface area (Å²) in [7, 11) is 0. The zero-order valence-electron chi connectivity index (χ0n) is 18.8. The number of rotatable bonds is 8. The van der Waals surface area contributed by atoms with E-state index >= 15 is 0 Å². The first-order chi connectivity index (χ1) is 16.1. The number of ether oxygens (including phenoxy) is 1. The van der Waals surface area contributed by atoms with E-state index in [0.717, 1.165) is 28.1 Å². The van der Waals surface area contributed by atoms with Gasteiger partial charge in [-0.05, 0) is 55.8 Å². The van der Waals surface area contributed by atoms with Crippen LogP contribution in [0, 0.1) is 0 Å². The molecule has 7 heteroatoms. The summed E-state index contributed by atoms with van der Waals surface area (Å²) >= 11 is 0. The molecule has 33 heavy (non-hydrogen) atoms. The minimum Gasteiger partial charge on any atom is -0.494 e. The summed E-state index contributed by atoms with van der Waals surface area (Å²) in [4.78, 5) is 32.1. The van der Waals surface area contributed by atoms with Gasteiger partial charge < -0.3 is 9.64 Å². The first-order valence-corrected chi connectivity index (χ1v) is 11.0. The van der Waals surface area contributed by atoms with E-state index in [1.54, 1.807) is 23.4 Å². The Morgan fingerprint density at radius 1 is 1.00 bits per heavy atom. The van der Waals surface area contributed by atoms with Gasteiger partial charge in [-0.1, -0.05) is 24.3 Å². The predicted octanol–water partition coefficient (Wildman–Crippen LogP) is 3.83. The zero-order valence-corrected chi connectivity index (χ0v) is 18.8. The van der Waals surface area contributed by atoms with Crippen LogP contribution in [0.2, 0.25) is 0 Å². The van der Waals surface area contributed by atoms with Gasteiger partial charge in [0.2, 0.25) is 5.91 Å². The highest BCUT2D eigenvalue weighted by Crippen LogP contribution is 2.20. The highest BCUT2D eigenvalue weighted by Gasteiger charge is 2.18. The Labute approximate surface area is 192 Å². The Bertz CT molecular complexity index is 1300. The highest BCUT2D eigenvalue weighted by atomic mass is 16.5. The number of benzene rings is 2. The largest absolute Gasteiger partial charge is 0.494 e. The molecule has 0 unspecified atom stereocenters. The summed E-state index contributed by atoms with van der Waals surface area (Å²) < 4.78 is 6.76. The molecule has 7 nitrogen and oxygen atoms in total. The lowest BCUT2D eigenvalue weighted by molar-refractivity contribution is -0.119. The lowest BCUT2D eigenvalue weighted by atomic mass is 10.1. The number of carbonyl (C=O) groups is 1. The quantitative estimate of drug-likeness (QED) is 0.414. The van der Waals surface area contributed by atoms with Crippen molar-refractivity contribution in [2.24, 2.45) is 0 Å². The average molecular weight is 443 g/mol. The second-order valence-corrected chi connectivity index (χ2v) is 7.56. The third-order valence-electron chi connectivity index (χ3n) is 5.40. The van der Waals surface area contributed by atoms with Crippen molar-refractivity contribution in [3.63, 3.8) is 0 Å². The number of amides is 1. The van der Waals surface area contributed by atoms with E-state index < -0.39 is 0 Å². The van der Waals surface area contributed by atoms with Crippen molar-refractivity contribution in [3.8, 4) is 5.75 Å². The number of fused-ring (bicyclic) bond motifs is 1. The number of hydrogen-bond acceptors (Lipinski definition) is 5. The second-order valence-electron chi connectivity index (χ2n) is 7.56. The van der Waals surface area contributed by atoms with Crippen LogP contribution in [0.5, 0.6) is 5.75 Å². The molecular weight excluding hydrogens is 416 g/mol. The van der Waals surface area contributed by atoms with Crippen LogP contribution in [0.3, 0.4) is 0 Å². The van der Waals surface area contributed by atoms with E-state index in [1.165, 1.54) is 4.68 Å². The molecule has 0 aliphatic carbocycles. The lowest BCUT2D eigenvalue weighted by Crippen LogP contribution is -2.37. The van der Waals surface area contributed by atoms with E-state index in [0.29, 0.717) is 25.0 Å². The molecular formula is C26H26N4O3. The number of carbonyl (C=O) groups excluding carboxylic acids is 1. The molecule has 0 atom stereocenters. The van der Waals surface area contributed by atoms with Crippen molar-refractivity contribution >= 4 is 22.4 Å². The maximum Gasteiger partial charge on any atom is 0.275 e. The molecule has 1 amide bonds. The molecule has 0 saturated heterocycles. The van der Waals surface area contributed by atoms with Crippen LogP contribution in [0.4, 0.5) is 5.69 Å². The molecule has 0 fully saturated rings. The van der Waals surface area contributed by atoms with Gasteiger partial charge in [-0.3, -0.25) is 14.6 Å². The number of likely N-dealkylation sites (N-methyl/N-ethyl adjacent to an activating group) is 1. The van der Waals surface area contributed by atoms with Crippen LogP contribution in [0.25, 0.3) is 10.8 Å². The molecule has 0 aliphatic rings. The fourth-order valence-corrected chi connectivity index (χ4v) is 3.84. The maximum absolute atomic E-state index is 13.2. The fourth-order valence-electron chi connectivity index (χ4n) is 3.84. The van der Waals surface area contributed by atoms with E-state index in [-0.39, 0.29) is 18.0 Å². The Morgan fingerprint density at radius 2 is 1.76 bits per heavy atom. The first-order valence-electron chi connectivity index (χ1n) is 11.0. The molecule has 168 valence electrons. The van der Waals surface area contributed by atoms with E-state index in [2.05, 4.69) is 10.1 Å². The third-order valence-corrected chi connectivity index (χ3v) is 5.40.